The molecule has 6 atom stereocenters. The van der Waals surface area contributed by atoms with Crippen LogP contribution in [0.15, 0.2) is 53.4 Å². The number of phenolic OH excluding ortho intramolecular Hbond substituents is 1. The topological polar surface area (TPSA) is 77.8 Å². The van der Waals surface area contributed by atoms with Crippen molar-refractivity contribution in [2.45, 2.75) is 61.2 Å². The van der Waals surface area contributed by atoms with Gasteiger partial charge in [-0.1, -0.05) is 25.1 Å². The highest BCUT2D eigenvalue weighted by atomic mass is 32.2. The molecule has 2 fully saturated rings. The van der Waals surface area contributed by atoms with Crippen molar-refractivity contribution in [3.63, 3.8) is 0 Å². The van der Waals surface area contributed by atoms with Crippen LogP contribution in [0.2, 0.25) is 0 Å². The normalized spacial score (nSPS) is 33.5. The van der Waals surface area contributed by atoms with Crippen molar-refractivity contribution in [2.24, 2.45) is 17.3 Å². The van der Waals surface area contributed by atoms with Gasteiger partial charge in [0, 0.05) is 16.2 Å². The molecule has 5 heteroatoms. The molecule has 0 aliphatic heterocycles. The summed E-state index contributed by atoms with van der Waals surface area (Å²) >= 11 is 1.90. The minimum absolute atomic E-state index is 0.000116. The Kier molecular flexibility index (Phi) is 5.58. The Hall–Kier alpha value is -2.24. The number of hydrogen-bond donors (Lipinski definition) is 3. The van der Waals surface area contributed by atoms with Gasteiger partial charge in [-0.2, -0.15) is 0 Å². The van der Waals surface area contributed by atoms with E-state index in [1.807, 2.05) is 36.0 Å². The number of thioether (sulfide) groups is 1. The van der Waals surface area contributed by atoms with Gasteiger partial charge in [0.25, 0.3) is 0 Å². The van der Waals surface area contributed by atoms with Gasteiger partial charge >= 0.3 is 5.97 Å². The second-order valence-corrected chi connectivity index (χ2v) is 11.2. The zero-order valence-electron chi connectivity index (χ0n) is 18.3. The smallest absolute Gasteiger partial charge is 0.328 e. The standard InChI is InChI=1S/C27H30O4S/c1-27-13-12-21-20-8-5-18(28)14-17(20)15-23(26(21)22(27)9-10-24(27)29)32-19-6-2-16(3-7-19)4-11-25(30)31/h2-8,11,14,21-24,26,28-29H,9-10,12-13,15H2,1H3,(H,30,31)/b11-4+/t21?,22?,23-,24+,26?,27+/m1/s1. The largest absolute Gasteiger partial charge is 0.508 e. The summed E-state index contributed by atoms with van der Waals surface area (Å²) in [5.41, 5.74) is 3.52. The first-order valence-corrected chi connectivity index (χ1v) is 12.4. The third-order valence-electron chi connectivity index (χ3n) is 8.24. The van der Waals surface area contributed by atoms with Gasteiger partial charge in [-0.25, -0.2) is 4.79 Å². The molecule has 3 aliphatic rings. The number of carboxylic acid groups (broad SMARTS) is 1. The average molecular weight is 451 g/mol. The zero-order valence-corrected chi connectivity index (χ0v) is 19.1. The Labute approximate surface area is 193 Å². The van der Waals surface area contributed by atoms with E-state index in [-0.39, 0.29) is 11.5 Å². The molecule has 0 heterocycles. The van der Waals surface area contributed by atoms with Crippen LogP contribution in [-0.4, -0.2) is 32.6 Å². The van der Waals surface area contributed by atoms with E-state index in [1.165, 1.54) is 16.0 Å². The first-order valence-electron chi connectivity index (χ1n) is 11.5. The van der Waals surface area contributed by atoms with Crippen LogP contribution in [0.25, 0.3) is 6.08 Å². The molecule has 2 aromatic carbocycles. The van der Waals surface area contributed by atoms with Gasteiger partial charge in [-0.15, -0.1) is 11.8 Å². The highest BCUT2D eigenvalue weighted by molar-refractivity contribution is 8.00. The lowest BCUT2D eigenvalue weighted by Crippen LogP contribution is -2.48. The van der Waals surface area contributed by atoms with Crippen molar-refractivity contribution in [3.8, 4) is 5.75 Å². The Bertz CT molecular complexity index is 1050. The molecule has 0 bridgehead atoms. The minimum atomic E-state index is -0.947. The highest BCUT2D eigenvalue weighted by Gasteiger charge is 2.56. The molecular weight excluding hydrogens is 420 g/mol. The van der Waals surface area contributed by atoms with Crippen molar-refractivity contribution in [1.82, 2.24) is 0 Å². The fourth-order valence-electron chi connectivity index (χ4n) is 6.65. The molecule has 5 rings (SSSR count). The number of fused-ring (bicyclic) bond motifs is 5. The molecule has 4 nitrogen and oxygen atoms in total. The predicted molar refractivity (Wildman–Crippen MR) is 127 cm³/mol. The third kappa shape index (κ3) is 3.75. The van der Waals surface area contributed by atoms with E-state index >= 15 is 0 Å². The van der Waals surface area contributed by atoms with Crippen LogP contribution in [0.3, 0.4) is 0 Å². The Morgan fingerprint density at radius 2 is 1.91 bits per heavy atom. The summed E-state index contributed by atoms with van der Waals surface area (Å²) in [5, 5.41) is 30.2. The lowest BCUT2D eigenvalue weighted by molar-refractivity contribution is -0.131. The molecule has 3 unspecified atom stereocenters. The zero-order chi connectivity index (χ0) is 22.5. The highest BCUT2D eigenvalue weighted by Crippen LogP contribution is 2.62. The molecule has 2 saturated carbocycles. The lowest BCUT2D eigenvalue weighted by atomic mass is 9.55. The molecule has 0 spiro atoms. The van der Waals surface area contributed by atoms with Gasteiger partial charge in [0.15, 0.2) is 0 Å². The van der Waals surface area contributed by atoms with Crippen LogP contribution in [0, 0.1) is 17.3 Å². The Balaban J connectivity index is 1.47. The summed E-state index contributed by atoms with van der Waals surface area (Å²) in [5.74, 6) is 0.862. The maximum Gasteiger partial charge on any atom is 0.328 e. The van der Waals surface area contributed by atoms with Crippen molar-refractivity contribution in [1.29, 1.82) is 0 Å². The third-order valence-corrected chi connectivity index (χ3v) is 9.57. The molecule has 168 valence electrons. The van der Waals surface area contributed by atoms with Gasteiger partial charge in [-0.05, 0) is 102 Å². The van der Waals surface area contributed by atoms with E-state index in [1.54, 1.807) is 6.08 Å². The van der Waals surface area contributed by atoms with Gasteiger partial charge in [0.05, 0.1) is 6.10 Å². The Morgan fingerprint density at radius 3 is 2.66 bits per heavy atom. The van der Waals surface area contributed by atoms with E-state index in [9.17, 15) is 15.0 Å². The molecule has 32 heavy (non-hydrogen) atoms. The first-order chi connectivity index (χ1) is 15.3. The molecule has 0 amide bonds. The quantitative estimate of drug-likeness (QED) is 0.538. The molecule has 2 aromatic rings. The number of phenols is 1. The van der Waals surface area contributed by atoms with E-state index in [2.05, 4.69) is 25.1 Å². The van der Waals surface area contributed by atoms with E-state index in [0.29, 0.717) is 28.8 Å². The summed E-state index contributed by atoms with van der Waals surface area (Å²) in [6, 6.07) is 14.0. The number of aromatic hydroxyl groups is 1. The van der Waals surface area contributed by atoms with Crippen LogP contribution in [0.5, 0.6) is 5.75 Å². The van der Waals surface area contributed by atoms with E-state index in [0.717, 1.165) is 43.7 Å². The number of rotatable bonds is 4. The fourth-order valence-corrected chi connectivity index (χ4v) is 8.09. The van der Waals surface area contributed by atoms with Crippen LogP contribution in [0.4, 0.5) is 0 Å². The molecule has 0 aromatic heterocycles. The molecular formula is C27H30O4S. The van der Waals surface area contributed by atoms with Gasteiger partial charge in [0.1, 0.15) is 5.75 Å². The molecule has 0 saturated heterocycles. The van der Waals surface area contributed by atoms with Crippen LogP contribution in [-0.2, 0) is 11.2 Å². The second kappa shape index (κ2) is 8.27. The average Bonchev–Trinajstić information content (AvgIpc) is 3.07. The maximum absolute atomic E-state index is 10.8. The first kappa shape index (κ1) is 21.6. The van der Waals surface area contributed by atoms with Crippen molar-refractivity contribution in [3.05, 3.63) is 65.2 Å². The predicted octanol–water partition coefficient (Wildman–Crippen LogP) is 5.48. The SMILES string of the molecule is C[C@]12CCC3c4ccc(O)cc4C[C@@H](Sc4ccc(/C=C/C(=O)O)cc4)C3C1CC[C@@H]2O. The van der Waals surface area contributed by atoms with E-state index < -0.39 is 5.97 Å². The van der Waals surface area contributed by atoms with Crippen molar-refractivity contribution < 1.29 is 20.1 Å². The number of carbonyl (C=O) groups is 1. The molecule has 0 radical (unpaired) electrons. The Morgan fingerprint density at radius 1 is 1.12 bits per heavy atom. The van der Waals surface area contributed by atoms with Crippen LogP contribution >= 0.6 is 11.8 Å². The van der Waals surface area contributed by atoms with Gasteiger partial charge in [0.2, 0.25) is 0 Å². The fraction of sp³-hybridized carbons (Fsp3) is 0.444. The summed E-state index contributed by atoms with van der Waals surface area (Å²) in [4.78, 5) is 12.0. The number of hydrogen-bond acceptors (Lipinski definition) is 4. The summed E-state index contributed by atoms with van der Waals surface area (Å²) in [6.07, 6.45) is 7.60. The summed E-state index contributed by atoms with van der Waals surface area (Å²) < 4.78 is 0. The van der Waals surface area contributed by atoms with E-state index in [4.69, 9.17) is 5.11 Å². The summed E-state index contributed by atoms with van der Waals surface area (Å²) in [7, 11) is 0. The van der Waals surface area contributed by atoms with Crippen LogP contribution in [0.1, 0.15) is 55.2 Å². The number of benzene rings is 2. The number of aliphatic carboxylic acids is 1. The van der Waals surface area contributed by atoms with Crippen LogP contribution < -0.4 is 0 Å². The van der Waals surface area contributed by atoms with Gasteiger partial charge in [-0.3, -0.25) is 0 Å². The minimum Gasteiger partial charge on any atom is -0.508 e. The van der Waals surface area contributed by atoms with Crippen molar-refractivity contribution in [2.75, 3.05) is 0 Å². The molecule has 3 aliphatic carbocycles. The second-order valence-electron chi connectivity index (χ2n) is 9.91. The van der Waals surface area contributed by atoms with Gasteiger partial charge < -0.3 is 15.3 Å². The monoisotopic (exact) mass is 450 g/mol. The molecule has 3 N–H and O–H groups in total. The number of carboxylic acids is 1. The maximum atomic E-state index is 10.8. The lowest BCUT2D eigenvalue weighted by Gasteiger charge is -2.52. The van der Waals surface area contributed by atoms with Crippen molar-refractivity contribution >= 4 is 23.8 Å². The summed E-state index contributed by atoms with van der Waals surface area (Å²) in [6.45, 7) is 2.29. The number of aliphatic hydroxyl groups is 1. The number of aliphatic hydroxyl groups excluding tert-OH is 1.